The highest BCUT2D eigenvalue weighted by Gasteiger charge is 2.22. The molecule has 0 saturated carbocycles. The molecule has 1 atom stereocenters. The second kappa shape index (κ2) is 7.00. The lowest BCUT2D eigenvalue weighted by Crippen LogP contribution is -2.21. The molecule has 18 heavy (non-hydrogen) atoms. The molecule has 0 aliphatic carbocycles. The maximum Gasteiger partial charge on any atom is 0.278 e. The van der Waals surface area contributed by atoms with Crippen LogP contribution in [0.4, 0.5) is 5.69 Å². The van der Waals surface area contributed by atoms with Crippen molar-refractivity contribution in [3.05, 3.63) is 27.8 Å². The highest BCUT2D eigenvalue weighted by atomic mass is 35.5. The number of rotatable bonds is 5. The summed E-state index contributed by atoms with van der Waals surface area (Å²) in [6.07, 6.45) is 0. The summed E-state index contributed by atoms with van der Waals surface area (Å²) in [5.74, 6) is 0.671. The molecule has 0 radical (unpaired) electrons. The molecule has 7 nitrogen and oxygen atoms in total. The Balaban J connectivity index is 0.00000289. The summed E-state index contributed by atoms with van der Waals surface area (Å²) in [4.78, 5) is 10.4. The number of nitrogens with zero attached hydrogens (tertiary/aromatic N) is 1. The van der Waals surface area contributed by atoms with Crippen molar-refractivity contribution in [3.63, 3.8) is 0 Å². The summed E-state index contributed by atoms with van der Waals surface area (Å²) >= 11 is 0. The van der Waals surface area contributed by atoms with Crippen LogP contribution in [0.15, 0.2) is 12.1 Å². The van der Waals surface area contributed by atoms with Gasteiger partial charge in [0.15, 0.2) is 11.5 Å². The Kier molecular flexibility index (Phi) is 6.39. The number of hydrogen-bond donors (Lipinski definition) is 2. The van der Waals surface area contributed by atoms with E-state index in [-0.39, 0.29) is 30.4 Å². The van der Waals surface area contributed by atoms with Gasteiger partial charge in [0, 0.05) is 12.6 Å². The van der Waals surface area contributed by atoms with Crippen molar-refractivity contribution in [2.75, 3.05) is 20.8 Å². The fourth-order valence-corrected chi connectivity index (χ4v) is 1.47. The first-order valence-electron chi connectivity index (χ1n) is 4.91. The fourth-order valence-electron chi connectivity index (χ4n) is 1.47. The Morgan fingerprint density at radius 2 is 1.83 bits per heavy atom. The van der Waals surface area contributed by atoms with Crippen LogP contribution in [0.25, 0.3) is 0 Å². The van der Waals surface area contributed by atoms with Crippen LogP contribution < -0.4 is 20.9 Å². The van der Waals surface area contributed by atoms with Gasteiger partial charge in [0.2, 0.25) is 0 Å². The van der Waals surface area contributed by atoms with E-state index in [0.717, 1.165) is 0 Å². The predicted octanol–water partition coefficient (Wildman–Crippen LogP) is 0.992. The van der Waals surface area contributed by atoms with Crippen molar-refractivity contribution < 1.29 is 14.4 Å². The van der Waals surface area contributed by atoms with Crippen LogP contribution in [0.2, 0.25) is 0 Å². The Bertz CT molecular complexity index is 428. The summed E-state index contributed by atoms with van der Waals surface area (Å²) in [5.41, 5.74) is 11.3. The van der Waals surface area contributed by atoms with Crippen LogP contribution in [0.3, 0.4) is 0 Å². The number of nitrogens with two attached hydrogens (primary N) is 2. The van der Waals surface area contributed by atoms with Gasteiger partial charge in [-0.2, -0.15) is 0 Å². The van der Waals surface area contributed by atoms with Gasteiger partial charge in [0.25, 0.3) is 5.69 Å². The summed E-state index contributed by atoms with van der Waals surface area (Å²) in [6.45, 7) is 0.107. The number of halogens is 1. The topological polar surface area (TPSA) is 114 Å². The molecule has 8 heteroatoms. The second-order valence-electron chi connectivity index (χ2n) is 3.37. The predicted molar refractivity (Wildman–Crippen MR) is 69.4 cm³/mol. The molecular formula is C10H16ClN3O4. The van der Waals surface area contributed by atoms with Crippen molar-refractivity contribution in [2.24, 2.45) is 11.5 Å². The Labute approximate surface area is 111 Å². The van der Waals surface area contributed by atoms with E-state index in [1.807, 2.05) is 0 Å². The van der Waals surface area contributed by atoms with E-state index in [9.17, 15) is 10.1 Å². The minimum absolute atomic E-state index is 0. The number of ether oxygens (including phenoxy) is 2. The van der Waals surface area contributed by atoms with Crippen LogP contribution in [-0.4, -0.2) is 25.7 Å². The van der Waals surface area contributed by atoms with Crippen molar-refractivity contribution in [3.8, 4) is 11.5 Å². The van der Waals surface area contributed by atoms with Crippen molar-refractivity contribution in [2.45, 2.75) is 6.04 Å². The number of nitro groups is 1. The van der Waals surface area contributed by atoms with Crippen molar-refractivity contribution >= 4 is 18.1 Å². The molecule has 4 N–H and O–H groups in total. The van der Waals surface area contributed by atoms with Gasteiger partial charge >= 0.3 is 0 Å². The molecule has 1 rings (SSSR count). The van der Waals surface area contributed by atoms with Gasteiger partial charge in [-0.3, -0.25) is 10.1 Å². The average Bonchev–Trinajstić information content (AvgIpc) is 2.35. The van der Waals surface area contributed by atoms with Gasteiger partial charge in [-0.1, -0.05) is 0 Å². The third-order valence-corrected chi connectivity index (χ3v) is 2.38. The van der Waals surface area contributed by atoms with Crippen molar-refractivity contribution in [1.82, 2.24) is 0 Å². The lowest BCUT2D eigenvalue weighted by atomic mass is 10.0. The first-order valence-corrected chi connectivity index (χ1v) is 4.91. The normalized spacial score (nSPS) is 11.3. The first kappa shape index (κ1) is 16.4. The summed E-state index contributed by atoms with van der Waals surface area (Å²) in [5, 5.41) is 10.9. The number of nitro benzene ring substituents is 1. The summed E-state index contributed by atoms with van der Waals surface area (Å²) in [6, 6.07) is 2.15. The van der Waals surface area contributed by atoms with Gasteiger partial charge in [0.1, 0.15) is 0 Å². The largest absolute Gasteiger partial charge is 0.493 e. The molecule has 0 aliphatic rings. The van der Waals surface area contributed by atoms with Crippen LogP contribution in [0.5, 0.6) is 11.5 Å². The molecule has 0 heterocycles. The molecule has 102 valence electrons. The van der Waals surface area contributed by atoms with Crippen LogP contribution >= 0.6 is 12.4 Å². The van der Waals surface area contributed by atoms with E-state index < -0.39 is 11.0 Å². The van der Waals surface area contributed by atoms with Gasteiger partial charge < -0.3 is 20.9 Å². The molecule has 1 aromatic carbocycles. The van der Waals surface area contributed by atoms with Gasteiger partial charge in [0.05, 0.1) is 30.8 Å². The lowest BCUT2D eigenvalue weighted by molar-refractivity contribution is -0.385. The van der Waals surface area contributed by atoms with Gasteiger partial charge in [-0.25, -0.2) is 0 Å². The highest BCUT2D eigenvalue weighted by molar-refractivity contribution is 5.85. The number of benzene rings is 1. The van der Waals surface area contributed by atoms with E-state index in [0.29, 0.717) is 11.3 Å². The minimum Gasteiger partial charge on any atom is -0.493 e. The molecule has 0 amide bonds. The van der Waals surface area contributed by atoms with Crippen molar-refractivity contribution in [1.29, 1.82) is 0 Å². The lowest BCUT2D eigenvalue weighted by Gasteiger charge is -2.13. The molecule has 0 unspecified atom stereocenters. The van der Waals surface area contributed by atoms with E-state index in [4.69, 9.17) is 20.9 Å². The summed E-state index contributed by atoms with van der Waals surface area (Å²) < 4.78 is 10.1. The third kappa shape index (κ3) is 3.22. The Hall–Kier alpha value is -1.57. The van der Waals surface area contributed by atoms with E-state index in [1.165, 1.54) is 26.4 Å². The quantitative estimate of drug-likeness (QED) is 0.613. The second-order valence-corrected chi connectivity index (χ2v) is 3.37. The van der Waals surface area contributed by atoms with E-state index in [2.05, 4.69) is 0 Å². The molecule has 0 aromatic heterocycles. The zero-order chi connectivity index (χ0) is 13.0. The number of hydrogen-bond acceptors (Lipinski definition) is 6. The van der Waals surface area contributed by atoms with E-state index >= 15 is 0 Å². The average molecular weight is 278 g/mol. The smallest absolute Gasteiger partial charge is 0.278 e. The van der Waals surface area contributed by atoms with Gasteiger partial charge in [-0.05, 0) is 6.07 Å². The SMILES string of the molecule is COc1cc([C@@H](N)CN)c([N+](=O)[O-])cc1OC.Cl. The third-order valence-electron chi connectivity index (χ3n) is 2.38. The zero-order valence-corrected chi connectivity index (χ0v) is 10.9. The maximum absolute atomic E-state index is 10.9. The molecule has 0 fully saturated rings. The standard InChI is InChI=1S/C10H15N3O4.ClH/c1-16-9-3-6(7(12)5-11)8(13(14)15)4-10(9)17-2;/h3-4,7H,5,11-12H2,1-2H3;1H/t7-;/m0./s1. The number of methoxy groups -OCH3 is 2. The molecule has 0 bridgehead atoms. The molecule has 1 aromatic rings. The molecular weight excluding hydrogens is 262 g/mol. The molecule has 0 spiro atoms. The maximum atomic E-state index is 10.9. The van der Waals surface area contributed by atoms with Crippen LogP contribution in [-0.2, 0) is 0 Å². The Morgan fingerprint density at radius 3 is 2.22 bits per heavy atom. The van der Waals surface area contributed by atoms with E-state index in [1.54, 1.807) is 0 Å². The van der Waals surface area contributed by atoms with Crippen LogP contribution in [0, 0.1) is 10.1 Å². The fraction of sp³-hybridized carbons (Fsp3) is 0.400. The Morgan fingerprint density at radius 1 is 1.33 bits per heavy atom. The first-order chi connectivity index (χ1) is 8.04. The zero-order valence-electron chi connectivity index (χ0n) is 10.1. The monoisotopic (exact) mass is 277 g/mol. The van der Waals surface area contributed by atoms with Crippen LogP contribution in [0.1, 0.15) is 11.6 Å². The summed E-state index contributed by atoms with van der Waals surface area (Å²) in [7, 11) is 2.85. The van der Waals surface area contributed by atoms with Gasteiger partial charge in [-0.15, -0.1) is 12.4 Å². The highest BCUT2D eigenvalue weighted by Crippen LogP contribution is 2.36. The molecule has 0 aliphatic heterocycles. The minimum atomic E-state index is -0.616. The molecule has 0 saturated heterocycles.